The number of rotatable bonds is 5. The van der Waals surface area contributed by atoms with E-state index in [0.717, 1.165) is 56.0 Å². The first-order valence-corrected chi connectivity index (χ1v) is 7.65. The summed E-state index contributed by atoms with van der Waals surface area (Å²) < 4.78 is 7.78. The molecule has 1 atom stereocenters. The first kappa shape index (κ1) is 15.3. The minimum atomic E-state index is 0.290. The second-order valence-corrected chi connectivity index (χ2v) is 5.79. The molecule has 0 radical (unpaired) electrons. The smallest absolute Gasteiger partial charge is 0.137 e. The van der Waals surface area contributed by atoms with Crippen molar-refractivity contribution in [3.05, 3.63) is 11.3 Å². The molecule has 2 N–H and O–H groups in total. The number of nitrogens with two attached hydrogens (primary N) is 1. The second kappa shape index (κ2) is 6.54. The van der Waals surface area contributed by atoms with E-state index >= 15 is 0 Å². The van der Waals surface area contributed by atoms with Crippen molar-refractivity contribution < 1.29 is 4.74 Å². The summed E-state index contributed by atoms with van der Waals surface area (Å²) in [6.45, 7) is 6.79. The second-order valence-electron chi connectivity index (χ2n) is 5.35. The van der Waals surface area contributed by atoms with Crippen molar-refractivity contribution in [1.29, 1.82) is 0 Å². The molecule has 0 bridgehead atoms. The van der Waals surface area contributed by atoms with E-state index in [2.05, 4.69) is 16.9 Å². The van der Waals surface area contributed by atoms with Gasteiger partial charge in [0.2, 0.25) is 0 Å². The highest BCUT2D eigenvalue weighted by molar-refractivity contribution is 7.80. The van der Waals surface area contributed by atoms with E-state index in [4.69, 9.17) is 22.7 Å². The summed E-state index contributed by atoms with van der Waals surface area (Å²) >= 11 is 5.19. The summed E-state index contributed by atoms with van der Waals surface area (Å²) in [5, 5.41) is 4.46. The number of aryl methyl sites for hydroxylation is 2. The molecular weight excluding hydrogens is 272 g/mol. The number of thiocarbonyl (C=S) groups is 1. The van der Waals surface area contributed by atoms with Crippen molar-refractivity contribution >= 4 is 23.0 Å². The van der Waals surface area contributed by atoms with E-state index in [1.807, 2.05) is 18.7 Å². The zero-order valence-corrected chi connectivity index (χ0v) is 13.4. The summed E-state index contributed by atoms with van der Waals surface area (Å²) in [5.74, 6) is 1.03. The van der Waals surface area contributed by atoms with Crippen molar-refractivity contribution in [1.82, 2.24) is 9.78 Å². The number of anilines is 1. The SMILES string of the molecule is CCCOC1CCCN(c2c(C(N)=S)c(C)nn2C)C1. The van der Waals surface area contributed by atoms with E-state index in [0.29, 0.717) is 4.99 Å². The van der Waals surface area contributed by atoms with Gasteiger partial charge < -0.3 is 15.4 Å². The molecule has 2 heterocycles. The highest BCUT2D eigenvalue weighted by Gasteiger charge is 2.26. The van der Waals surface area contributed by atoms with E-state index in [-0.39, 0.29) is 6.10 Å². The third-order valence-electron chi connectivity index (χ3n) is 3.67. The van der Waals surface area contributed by atoms with Crippen molar-refractivity contribution in [2.45, 2.75) is 39.2 Å². The van der Waals surface area contributed by atoms with Gasteiger partial charge in [-0.3, -0.25) is 4.68 Å². The van der Waals surface area contributed by atoms with Crippen molar-refractivity contribution in [2.24, 2.45) is 12.8 Å². The van der Waals surface area contributed by atoms with Gasteiger partial charge in [-0.15, -0.1) is 0 Å². The zero-order chi connectivity index (χ0) is 14.7. The highest BCUT2D eigenvalue weighted by Crippen LogP contribution is 2.27. The van der Waals surface area contributed by atoms with Crippen LogP contribution in [0.2, 0.25) is 0 Å². The Kier molecular flexibility index (Phi) is 4.99. The Labute approximate surface area is 126 Å². The zero-order valence-electron chi connectivity index (χ0n) is 12.6. The van der Waals surface area contributed by atoms with E-state index < -0.39 is 0 Å². The monoisotopic (exact) mass is 296 g/mol. The van der Waals surface area contributed by atoms with Crippen molar-refractivity contribution in [3.63, 3.8) is 0 Å². The normalized spacial score (nSPS) is 19.4. The maximum atomic E-state index is 5.90. The molecule has 1 aliphatic rings. The van der Waals surface area contributed by atoms with Crippen LogP contribution in [-0.2, 0) is 11.8 Å². The van der Waals surface area contributed by atoms with Gasteiger partial charge >= 0.3 is 0 Å². The molecule has 0 aliphatic carbocycles. The third-order valence-corrected chi connectivity index (χ3v) is 3.88. The maximum absolute atomic E-state index is 5.90. The quantitative estimate of drug-likeness (QED) is 0.839. The fraction of sp³-hybridized carbons (Fsp3) is 0.714. The Morgan fingerprint density at radius 2 is 2.30 bits per heavy atom. The van der Waals surface area contributed by atoms with Gasteiger partial charge in [-0.2, -0.15) is 5.10 Å². The third kappa shape index (κ3) is 3.12. The molecular formula is C14H24N4OS. The van der Waals surface area contributed by atoms with Gasteiger partial charge in [0.15, 0.2) is 0 Å². The van der Waals surface area contributed by atoms with Crippen LogP contribution >= 0.6 is 12.2 Å². The fourth-order valence-electron chi connectivity index (χ4n) is 2.85. The molecule has 6 heteroatoms. The molecule has 20 heavy (non-hydrogen) atoms. The Balaban J connectivity index is 2.20. The van der Waals surface area contributed by atoms with Crippen LogP contribution in [0.15, 0.2) is 0 Å². The lowest BCUT2D eigenvalue weighted by molar-refractivity contribution is 0.0438. The average Bonchev–Trinajstić information content (AvgIpc) is 2.71. The van der Waals surface area contributed by atoms with Crippen LogP contribution in [0.1, 0.15) is 37.4 Å². The molecule has 112 valence electrons. The molecule has 1 saturated heterocycles. The van der Waals surface area contributed by atoms with Gasteiger partial charge in [-0.1, -0.05) is 19.1 Å². The lowest BCUT2D eigenvalue weighted by Crippen LogP contribution is -2.41. The number of nitrogens with zero attached hydrogens (tertiary/aromatic N) is 3. The number of hydrogen-bond acceptors (Lipinski definition) is 4. The predicted molar refractivity (Wildman–Crippen MR) is 85.3 cm³/mol. The molecule has 1 aliphatic heterocycles. The molecule has 2 rings (SSSR count). The van der Waals surface area contributed by atoms with Crippen molar-refractivity contribution in [2.75, 3.05) is 24.6 Å². The summed E-state index contributed by atoms with van der Waals surface area (Å²) in [7, 11) is 1.95. The topological polar surface area (TPSA) is 56.3 Å². The molecule has 0 saturated carbocycles. The first-order valence-electron chi connectivity index (χ1n) is 7.24. The molecule has 0 amide bonds. The minimum Gasteiger partial charge on any atom is -0.389 e. The van der Waals surface area contributed by atoms with E-state index in [1.165, 1.54) is 0 Å². The van der Waals surface area contributed by atoms with Gasteiger partial charge in [-0.25, -0.2) is 0 Å². The number of piperidine rings is 1. The standard InChI is InChI=1S/C14H24N4OS/c1-4-8-19-11-6-5-7-18(9-11)14-12(13(15)20)10(2)16-17(14)3/h11H,4-9H2,1-3H3,(H2,15,20). The maximum Gasteiger partial charge on any atom is 0.137 e. The van der Waals surface area contributed by atoms with Gasteiger partial charge in [0, 0.05) is 26.7 Å². The van der Waals surface area contributed by atoms with E-state index in [9.17, 15) is 0 Å². The van der Waals surface area contributed by atoms with E-state index in [1.54, 1.807) is 0 Å². The summed E-state index contributed by atoms with van der Waals surface area (Å²) in [6.07, 6.45) is 3.59. The minimum absolute atomic E-state index is 0.290. The number of aromatic nitrogens is 2. The van der Waals surface area contributed by atoms with Crippen LogP contribution in [0.5, 0.6) is 0 Å². The largest absolute Gasteiger partial charge is 0.389 e. The Bertz CT molecular complexity index is 486. The van der Waals surface area contributed by atoms with Gasteiger partial charge in [-0.05, 0) is 26.2 Å². The summed E-state index contributed by atoms with van der Waals surface area (Å²) in [5.41, 5.74) is 7.67. The summed E-state index contributed by atoms with van der Waals surface area (Å²) in [4.78, 5) is 2.72. The predicted octanol–water partition coefficient (Wildman–Crippen LogP) is 1.76. The van der Waals surface area contributed by atoms with Crippen LogP contribution in [0, 0.1) is 6.92 Å². The number of ether oxygens (including phenoxy) is 1. The Morgan fingerprint density at radius 1 is 1.55 bits per heavy atom. The van der Waals surface area contributed by atoms with Gasteiger partial charge in [0.05, 0.1) is 17.4 Å². The van der Waals surface area contributed by atoms with Crippen LogP contribution in [0.25, 0.3) is 0 Å². The first-order chi connectivity index (χ1) is 9.54. The molecule has 1 fully saturated rings. The molecule has 0 spiro atoms. The fourth-order valence-corrected chi connectivity index (χ4v) is 3.09. The van der Waals surface area contributed by atoms with Gasteiger partial charge in [0.1, 0.15) is 10.8 Å². The number of hydrogen-bond donors (Lipinski definition) is 1. The van der Waals surface area contributed by atoms with Crippen LogP contribution in [0.3, 0.4) is 0 Å². The van der Waals surface area contributed by atoms with Crippen LogP contribution in [-0.4, -0.2) is 40.6 Å². The Morgan fingerprint density at radius 3 is 2.95 bits per heavy atom. The Hall–Kier alpha value is -1.14. The lowest BCUT2D eigenvalue weighted by Gasteiger charge is -2.34. The molecule has 0 aromatic carbocycles. The highest BCUT2D eigenvalue weighted by atomic mass is 32.1. The lowest BCUT2D eigenvalue weighted by atomic mass is 10.1. The molecule has 5 nitrogen and oxygen atoms in total. The van der Waals surface area contributed by atoms with Crippen LogP contribution < -0.4 is 10.6 Å². The van der Waals surface area contributed by atoms with Crippen LogP contribution in [0.4, 0.5) is 5.82 Å². The molecule has 1 aromatic rings. The van der Waals surface area contributed by atoms with Crippen molar-refractivity contribution in [3.8, 4) is 0 Å². The average molecular weight is 296 g/mol. The van der Waals surface area contributed by atoms with Gasteiger partial charge in [0.25, 0.3) is 0 Å². The summed E-state index contributed by atoms with van der Waals surface area (Å²) in [6, 6.07) is 0. The molecule has 1 unspecified atom stereocenters. The molecule has 1 aromatic heterocycles.